The van der Waals surface area contributed by atoms with Crippen molar-refractivity contribution >= 4 is 22.8 Å². The van der Waals surface area contributed by atoms with Gasteiger partial charge in [-0.2, -0.15) is 0 Å². The van der Waals surface area contributed by atoms with Gasteiger partial charge in [-0.15, -0.1) is 0 Å². The second-order valence-corrected chi connectivity index (χ2v) is 7.82. The highest BCUT2D eigenvalue weighted by atomic mass is 19.1. The number of nitrogens with zero attached hydrogens (tertiary/aromatic N) is 3. The minimum atomic E-state index is -1.16. The van der Waals surface area contributed by atoms with Crippen LogP contribution in [0.1, 0.15) is 22.3 Å². The molecule has 1 saturated heterocycles. The number of aromatic carboxylic acids is 1. The zero-order valence-corrected chi connectivity index (χ0v) is 17.5. The van der Waals surface area contributed by atoms with Crippen LogP contribution in [0.2, 0.25) is 0 Å². The Morgan fingerprint density at radius 1 is 1.12 bits per heavy atom. The number of pyridine rings is 1. The third-order valence-corrected chi connectivity index (χ3v) is 5.67. The van der Waals surface area contributed by atoms with E-state index in [2.05, 4.69) is 4.98 Å². The molecule has 0 spiro atoms. The lowest BCUT2D eigenvalue weighted by atomic mass is 9.96. The van der Waals surface area contributed by atoms with E-state index in [-0.39, 0.29) is 36.6 Å². The first-order chi connectivity index (χ1) is 15.5. The quantitative estimate of drug-likeness (QED) is 0.590. The van der Waals surface area contributed by atoms with Crippen molar-refractivity contribution in [2.75, 3.05) is 32.8 Å². The summed E-state index contributed by atoms with van der Waals surface area (Å²) in [6, 6.07) is 13.2. The molecule has 3 aromatic rings. The third-order valence-electron chi connectivity index (χ3n) is 5.67. The smallest absolute Gasteiger partial charge is 0.336 e. The van der Waals surface area contributed by atoms with E-state index >= 15 is 0 Å². The lowest BCUT2D eigenvalue weighted by Gasteiger charge is -2.34. The van der Waals surface area contributed by atoms with Gasteiger partial charge in [0, 0.05) is 49.3 Å². The van der Waals surface area contributed by atoms with E-state index in [9.17, 15) is 19.1 Å². The number of carboxylic acids is 1. The van der Waals surface area contributed by atoms with Gasteiger partial charge in [0.05, 0.1) is 23.3 Å². The van der Waals surface area contributed by atoms with Crippen molar-refractivity contribution in [1.82, 2.24) is 14.8 Å². The third kappa shape index (κ3) is 4.46. The highest BCUT2D eigenvalue weighted by molar-refractivity contribution is 6.05. The zero-order chi connectivity index (χ0) is 22.7. The van der Waals surface area contributed by atoms with Gasteiger partial charge in [-0.05, 0) is 24.6 Å². The van der Waals surface area contributed by atoms with Crippen LogP contribution < -0.4 is 0 Å². The maximum absolute atomic E-state index is 14.0. The Labute approximate surface area is 184 Å². The van der Waals surface area contributed by atoms with Crippen LogP contribution >= 0.6 is 0 Å². The molecule has 0 unspecified atom stereocenters. The normalized spacial score (nSPS) is 14.8. The minimum absolute atomic E-state index is 0.00325. The Hall–Kier alpha value is -3.36. The molecule has 166 valence electrons. The summed E-state index contributed by atoms with van der Waals surface area (Å²) in [6.45, 7) is 1.92. The number of hydrogen-bond donors (Lipinski definition) is 2. The van der Waals surface area contributed by atoms with Gasteiger partial charge in [-0.25, -0.2) is 14.2 Å². The number of carboxylic acid groups (broad SMARTS) is 1. The van der Waals surface area contributed by atoms with Gasteiger partial charge in [0.25, 0.3) is 0 Å². The summed E-state index contributed by atoms with van der Waals surface area (Å²) in [5.74, 6) is -1.77. The number of piperazine rings is 1. The summed E-state index contributed by atoms with van der Waals surface area (Å²) in [4.78, 5) is 33.2. The second kappa shape index (κ2) is 9.42. The van der Waals surface area contributed by atoms with Crippen LogP contribution in [0.4, 0.5) is 4.39 Å². The van der Waals surface area contributed by atoms with Crippen molar-refractivity contribution < 1.29 is 24.2 Å². The van der Waals surface area contributed by atoms with Gasteiger partial charge >= 0.3 is 5.97 Å². The van der Waals surface area contributed by atoms with Crippen molar-refractivity contribution in [3.63, 3.8) is 0 Å². The molecule has 0 atom stereocenters. The molecule has 0 bridgehead atoms. The van der Waals surface area contributed by atoms with Crippen LogP contribution in [0.3, 0.4) is 0 Å². The standard InChI is InChI=1S/C24H24FN3O4/c25-17-7-8-20-18(13-17)22(24(31)32)19(23(26-20)16-5-2-1-3-6-16)14-27-10-11-28(9-4-12-29)21(30)15-27/h1-3,5-8,13,29H,4,9-12,14-15H2,(H,31,32). The first kappa shape index (κ1) is 21.9. The molecule has 1 amide bonds. The van der Waals surface area contributed by atoms with Crippen molar-refractivity contribution in [3.8, 4) is 11.3 Å². The number of rotatable bonds is 7. The maximum atomic E-state index is 14.0. The molecule has 4 rings (SSSR count). The first-order valence-corrected chi connectivity index (χ1v) is 10.5. The molecule has 7 nitrogen and oxygen atoms in total. The van der Waals surface area contributed by atoms with E-state index in [0.29, 0.717) is 42.8 Å². The number of amides is 1. The average Bonchev–Trinajstić information content (AvgIpc) is 2.78. The molecular weight excluding hydrogens is 413 g/mol. The van der Waals surface area contributed by atoms with E-state index in [4.69, 9.17) is 5.11 Å². The molecular formula is C24H24FN3O4. The summed E-state index contributed by atoms with van der Waals surface area (Å²) < 4.78 is 14.0. The van der Waals surface area contributed by atoms with Gasteiger partial charge in [0.1, 0.15) is 5.82 Å². The number of carbonyl (C=O) groups excluding carboxylic acids is 1. The fraction of sp³-hybridized carbons (Fsp3) is 0.292. The molecule has 0 radical (unpaired) electrons. The molecule has 2 N–H and O–H groups in total. The molecule has 1 aromatic heterocycles. The number of fused-ring (bicyclic) bond motifs is 1. The van der Waals surface area contributed by atoms with Gasteiger partial charge in [-0.3, -0.25) is 9.69 Å². The molecule has 1 aliphatic heterocycles. The predicted molar refractivity (Wildman–Crippen MR) is 118 cm³/mol. The van der Waals surface area contributed by atoms with Crippen LogP contribution in [-0.2, 0) is 11.3 Å². The topological polar surface area (TPSA) is 94.0 Å². The number of aromatic nitrogens is 1. The highest BCUT2D eigenvalue weighted by Gasteiger charge is 2.28. The molecule has 1 fully saturated rings. The SMILES string of the molecule is O=C(O)c1c(CN2CCN(CCCO)C(=O)C2)c(-c2ccccc2)nc2ccc(F)cc12. The Bertz CT molecular complexity index is 1150. The van der Waals surface area contributed by atoms with Gasteiger partial charge in [-0.1, -0.05) is 30.3 Å². The monoisotopic (exact) mass is 437 g/mol. The number of benzene rings is 2. The van der Waals surface area contributed by atoms with Crippen molar-refractivity contribution in [1.29, 1.82) is 0 Å². The predicted octanol–water partition coefficient (Wildman–Crippen LogP) is 2.77. The molecule has 8 heteroatoms. The Morgan fingerprint density at radius 3 is 2.59 bits per heavy atom. The first-order valence-electron chi connectivity index (χ1n) is 10.5. The summed E-state index contributed by atoms with van der Waals surface area (Å²) in [5, 5.41) is 19.3. The molecule has 0 aliphatic carbocycles. The van der Waals surface area contributed by atoms with Crippen LogP contribution in [0, 0.1) is 5.82 Å². The second-order valence-electron chi connectivity index (χ2n) is 7.82. The largest absolute Gasteiger partial charge is 0.478 e. The minimum Gasteiger partial charge on any atom is -0.478 e. The molecule has 2 aromatic carbocycles. The number of halogens is 1. The summed E-state index contributed by atoms with van der Waals surface area (Å²) >= 11 is 0. The maximum Gasteiger partial charge on any atom is 0.336 e. The highest BCUT2D eigenvalue weighted by Crippen LogP contribution is 2.32. The fourth-order valence-corrected chi connectivity index (χ4v) is 4.12. The van der Waals surface area contributed by atoms with Crippen LogP contribution in [0.25, 0.3) is 22.2 Å². The lowest BCUT2D eigenvalue weighted by molar-refractivity contribution is -0.136. The molecule has 32 heavy (non-hydrogen) atoms. The van der Waals surface area contributed by atoms with Crippen molar-refractivity contribution in [2.24, 2.45) is 0 Å². The number of aliphatic hydroxyl groups is 1. The van der Waals surface area contributed by atoms with E-state index in [1.807, 2.05) is 35.2 Å². The Balaban J connectivity index is 1.78. The summed E-state index contributed by atoms with van der Waals surface area (Å²) in [5.41, 5.74) is 2.12. The van der Waals surface area contributed by atoms with Crippen LogP contribution in [0.5, 0.6) is 0 Å². The number of hydrogen-bond acceptors (Lipinski definition) is 5. The number of aliphatic hydroxyl groups excluding tert-OH is 1. The van der Waals surface area contributed by atoms with Crippen molar-refractivity contribution in [3.05, 3.63) is 65.5 Å². The van der Waals surface area contributed by atoms with Crippen molar-refractivity contribution in [2.45, 2.75) is 13.0 Å². The van der Waals surface area contributed by atoms with Gasteiger partial charge in [0.15, 0.2) is 0 Å². The van der Waals surface area contributed by atoms with Crippen LogP contribution in [-0.4, -0.2) is 69.7 Å². The van der Waals surface area contributed by atoms with E-state index in [1.54, 1.807) is 4.90 Å². The molecule has 0 saturated carbocycles. The summed E-state index contributed by atoms with van der Waals surface area (Å²) in [6.07, 6.45) is 0.521. The van der Waals surface area contributed by atoms with Crippen LogP contribution in [0.15, 0.2) is 48.5 Å². The van der Waals surface area contributed by atoms with Gasteiger partial charge in [0.2, 0.25) is 5.91 Å². The number of carbonyl (C=O) groups is 2. The average molecular weight is 437 g/mol. The zero-order valence-electron chi connectivity index (χ0n) is 17.5. The molecule has 2 heterocycles. The van der Waals surface area contributed by atoms with E-state index < -0.39 is 11.8 Å². The Kier molecular flexibility index (Phi) is 6.43. The van der Waals surface area contributed by atoms with E-state index in [1.165, 1.54) is 18.2 Å². The Morgan fingerprint density at radius 2 is 1.91 bits per heavy atom. The summed E-state index contributed by atoms with van der Waals surface area (Å²) in [7, 11) is 0. The fourth-order valence-electron chi connectivity index (χ4n) is 4.12. The van der Waals surface area contributed by atoms with E-state index in [0.717, 1.165) is 5.56 Å². The molecule has 1 aliphatic rings. The lowest BCUT2D eigenvalue weighted by Crippen LogP contribution is -2.50. The van der Waals surface area contributed by atoms with Gasteiger partial charge < -0.3 is 15.1 Å².